The van der Waals surface area contributed by atoms with Gasteiger partial charge in [-0.15, -0.1) is 11.8 Å². The molecular weight excluding hydrogens is 306 g/mol. The average molecular weight is 336 g/mol. The van der Waals surface area contributed by atoms with E-state index in [2.05, 4.69) is 55.5 Å². The molecule has 128 valence electrons. The SMILES string of the molecule is CCSc1ccc([C@H](C)NC(=O)N2CC[C@@H](CN(C)C)C2)cc1. The molecule has 1 N–H and O–H groups in total. The number of carbonyl (C=O) groups excluding carboxylic acids is 1. The average Bonchev–Trinajstić information content (AvgIpc) is 2.96. The highest BCUT2D eigenvalue weighted by molar-refractivity contribution is 7.99. The number of rotatable bonds is 6. The summed E-state index contributed by atoms with van der Waals surface area (Å²) < 4.78 is 0. The lowest BCUT2D eigenvalue weighted by molar-refractivity contribution is 0.202. The Morgan fingerprint density at radius 1 is 1.39 bits per heavy atom. The van der Waals surface area contributed by atoms with E-state index in [1.165, 1.54) is 4.90 Å². The number of nitrogens with one attached hydrogen (secondary N) is 1. The zero-order valence-electron chi connectivity index (χ0n) is 14.7. The Morgan fingerprint density at radius 3 is 2.70 bits per heavy atom. The first-order valence-electron chi connectivity index (χ1n) is 8.42. The van der Waals surface area contributed by atoms with Crippen LogP contribution < -0.4 is 5.32 Å². The van der Waals surface area contributed by atoms with Gasteiger partial charge in [0.25, 0.3) is 0 Å². The van der Waals surface area contributed by atoms with Crippen LogP contribution in [0.5, 0.6) is 0 Å². The lowest BCUT2D eigenvalue weighted by Crippen LogP contribution is -2.40. The zero-order valence-corrected chi connectivity index (χ0v) is 15.5. The van der Waals surface area contributed by atoms with Crippen molar-refractivity contribution in [2.75, 3.05) is 39.5 Å². The Balaban J connectivity index is 1.85. The van der Waals surface area contributed by atoms with Crippen LogP contribution in [0.4, 0.5) is 4.79 Å². The number of hydrogen-bond donors (Lipinski definition) is 1. The minimum absolute atomic E-state index is 0.0380. The van der Waals surface area contributed by atoms with Crippen molar-refractivity contribution < 1.29 is 4.79 Å². The molecule has 1 aliphatic rings. The molecule has 0 bridgehead atoms. The molecule has 1 fully saturated rings. The Kier molecular flexibility index (Phi) is 6.78. The minimum Gasteiger partial charge on any atom is -0.331 e. The first kappa shape index (κ1) is 18.1. The molecule has 2 atom stereocenters. The topological polar surface area (TPSA) is 35.6 Å². The van der Waals surface area contributed by atoms with Gasteiger partial charge in [-0.2, -0.15) is 0 Å². The summed E-state index contributed by atoms with van der Waals surface area (Å²) in [6, 6.07) is 8.59. The van der Waals surface area contributed by atoms with E-state index in [1.54, 1.807) is 0 Å². The van der Waals surface area contributed by atoms with Gasteiger partial charge in [0.15, 0.2) is 0 Å². The van der Waals surface area contributed by atoms with E-state index in [4.69, 9.17) is 0 Å². The molecule has 0 unspecified atom stereocenters. The normalized spacial score (nSPS) is 19.2. The molecular formula is C18H29N3OS. The highest BCUT2D eigenvalue weighted by atomic mass is 32.2. The number of hydrogen-bond acceptors (Lipinski definition) is 3. The van der Waals surface area contributed by atoms with Gasteiger partial charge in [0, 0.05) is 24.5 Å². The fraction of sp³-hybridized carbons (Fsp3) is 0.611. The van der Waals surface area contributed by atoms with E-state index in [0.717, 1.165) is 37.4 Å². The van der Waals surface area contributed by atoms with Crippen molar-refractivity contribution in [1.82, 2.24) is 15.1 Å². The maximum Gasteiger partial charge on any atom is 0.317 e. The lowest BCUT2D eigenvalue weighted by atomic mass is 10.1. The van der Waals surface area contributed by atoms with Crippen LogP contribution in [0, 0.1) is 5.92 Å². The maximum absolute atomic E-state index is 12.4. The lowest BCUT2D eigenvalue weighted by Gasteiger charge is -2.22. The van der Waals surface area contributed by atoms with Gasteiger partial charge >= 0.3 is 6.03 Å². The number of urea groups is 1. The van der Waals surface area contributed by atoms with Crippen LogP contribution in [0.2, 0.25) is 0 Å². The first-order chi connectivity index (χ1) is 11.0. The smallest absolute Gasteiger partial charge is 0.317 e. The summed E-state index contributed by atoms with van der Waals surface area (Å²) in [5.41, 5.74) is 1.16. The van der Waals surface area contributed by atoms with E-state index < -0.39 is 0 Å². The molecule has 2 rings (SSSR count). The van der Waals surface area contributed by atoms with E-state index in [-0.39, 0.29) is 12.1 Å². The van der Waals surface area contributed by atoms with Crippen LogP contribution in [0.3, 0.4) is 0 Å². The second kappa shape index (κ2) is 8.60. The van der Waals surface area contributed by atoms with Crippen molar-refractivity contribution in [2.45, 2.75) is 31.2 Å². The molecule has 1 heterocycles. The van der Waals surface area contributed by atoms with Crippen molar-refractivity contribution in [2.24, 2.45) is 5.92 Å². The van der Waals surface area contributed by atoms with Gasteiger partial charge in [-0.3, -0.25) is 0 Å². The standard InChI is InChI=1S/C18H29N3OS/c1-5-23-17-8-6-16(7-9-17)14(2)19-18(22)21-11-10-15(13-21)12-20(3)4/h6-9,14-15H,5,10-13H2,1-4H3,(H,19,22)/t14-,15-/m0/s1. The van der Waals surface area contributed by atoms with Crippen LogP contribution in [-0.4, -0.2) is 55.3 Å². The molecule has 0 spiro atoms. The summed E-state index contributed by atoms with van der Waals surface area (Å²) in [5, 5.41) is 3.13. The molecule has 0 saturated carbocycles. The van der Waals surface area contributed by atoms with Crippen molar-refractivity contribution in [3.63, 3.8) is 0 Å². The third-order valence-corrected chi connectivity index (χ3v) is 5.12. The third kappa shape index (κ3) is 5.43. The summed E-state index contributed by atoms with van der Waals surface area (Å²) in [4.78, 5) is 17.9. The van der Waals surface area contributed by atoms with Gasteiger partial charge < -0.3 is 15.1 Å². The second-order valence-electron chi connectivity index (χ2n) is 6.54. The number of benzene rings is 1. The van der Waals surface area contributed by atoms with Crippen LogP contribution in [0.1, 0.15) is 31.9 Å². The molecule has 4 nitrogen and oxygen atoms in total. The maximum atomic E-state index is 12.4. The van der Waals surface area contributed by atoms with Crippen LogP contribution in [-0.2, 0) is 0 Å². The number of amides is 2. The molecule has 1 aromatic rings. The van der Waals surface area contributed by atoms with Crippen LogP contribution in [0.25, 0.3) is 0 Å². The fourth-order valence-corrected chi connectivity index (χ4v) is 3.72. The minimum atomic E-state index is 0.0380. The number of carbonyl (C=O) groups is 1. The summed E-state index contributed by atoms with van der Waals surface area (Å²) in [7, 11) is 4.18. The Bertz CT molecular complexity index is 503. The number of thioether (sulfide) groups is 1. The van der Waals surface area contributed by atoms with Crippen LogP contribution in [0.15, 0.2) is 29.2 Å². The van der Waals surface area contributed by atoms with E-state index in [9.17, 15) is 4.79 Å². The van der Waals surface area contributed by atoms with Crippen molar-refractivity contribution in [1.29, 1.82) is 0 Å². The Hall–Kier alpha value is -1.20. The van der Waals surface area contributed by atoms with E-state index in [0.29, 0.717) is 5.92 Å². The van der Waals surface area contributed by atoms with Crippen molar-refractivity contribution in [3.05, 3.63) is 29.8 Å². The Labute approximate surface area is 144 Å². The van der Waals surface area contributed by atoms with Gasteiger partial charge in [0.1, 0.15) is 0 Å². The predicted octanol–water partition coefficient (Wildman–Crippen LogP) is 3.45. The monoisotopic (exact) mass is 335 g/mol. The molecule has 23 heavy (non-hydrogen) atoms. The van der Waals surface area contributed by atoms with Gasteiger partial charge in [-0.05, 0) is 56.8 Å². The predicted molar refractivity (Wildman–Crippen MR) is 98.0 cm³/mol. The highest BCUT2D eigenvalue weighted by Crippen LogP contribution is 2.22. The number of nitrogens with zero attached hydrogens (tertiary/aromatic N) is 2. The van der Waals surface area contributed by atoms with Gasteiger partial charge in [-0.1, -0.05) is 19.1 Å². The quantitative estimate of drug-likeness (QED) is 0.809. The molecule has 2 amide bonds. The second-order valence-corrected chi connectivity index (χ2v) is 7.87. The van der Waals surface area contributed by atoms with Crippen LogP contribution >= 0.6 is 11.8 Å². The van der Waals surface area contributed by atoms with Crippen molar-refractivity contribution >= 4 is 17.8 Å². The summed E-state index contributed by atoms with van der Waals surface area (Å²) in [5.74, 6) is 1.67. The van der Waals surface area contributed by atoms with Gasteiger partial charge in [0.05, 0.1) is 6.04 Å². The highest BCUT2D eigenvalue weighted by Gasteiger charge is 2.27. The number of likely N-dealkylation sites (tertiary alicyclic amines) is 1. The van der Waals surface area contributed by atoms with Gasteiger partial charge in [-0.25, -0.2) is 4.79 Å². The Morgan fingerprint density at radius 2 is 2.09 bits per heavy atom. The largest absolute Gasteiger partial charge is 0.331 e. The molecule has 1 saturated heterocycles. The molecule has 1 aromatic carbocycles. The fourth-order valence-electron chi connectivity index (χ4n) is 3.06. The summed E-state index contributed by atoms with van der Waals surface area (Å²) in [6.07, 6.45) is 1.10. The van der Waals surface area contributed by atoms with Crippen molar-refractivity contribution in [3.8, 4) is 0 Å². The molecule has 0 aliphatic carbocycles. The molecule has 1 aliphatic heterocycles. The van der Waals surface area contributed by atoms with E-state index >= 15 is 0 Å². The zero-order chi connectivity index (χ0) is 16.8. The summed E-state index contributed by atoms with van der Waals surface area (Å²) >= 11 is 1.84. The van der Waals surface area contributed by atoms with E-state index in [1.807, 2.05) is 23.6 Å². The molecule has 5 heteroatoms. The summed E-state index contributed by atoms with van der Waals surface area (Å²) in [6.45, 7) is 6.98. The van der Waals surface area contributed by atoms with Gasteiger partial charge in [0.2, 0.25) is 0 Å². The molecule has 0 radical (unpaired) electrons. The first-order valence-corrected chi connectivity index (χ1v) is 9.41. The molecule has 0 aromatic heterocycles. The third-order valence-electron chi connectivity index (χ3n) is 4.23.